The van der Waals surface area contributed by atoms with E-state index in [1.165, 1.54) is 28.4 Å². The molecule has 3 aromatic rings. The molecular weight excluding hydrogens is 250 g/mol. The topological polar surface area (TPSA) is 86.7 Å². The van der Waals surface area contributed by atoms with Crippen molar-refractivity contribution in [2.45, 2.75) is 6.54 Å². The van der Waals surface area contributed by atoms with Crippen molar-refractivity contribution in [3.8, 4) is 0 Å². The molecule has 0 amide bonds. The highest BCUT2D eigenvalue weighted by molar-refractivity contribution is 7.17. The van der Waals surface area contributed by atoms with Crippen LogP contribution in [0.1, 0.15) is 5.69 Å². The van der Waals surface area contributed by atoms with Gasteiger partial charge in [-0.1, -0.05) is 0 Å². The SMILES string of the molecule is Nc1cnc(Cn2cnc3ccsc3c2=O)cn1. The van der Waals surface area contributed by atoms with Gasteiger partial charge in [-0.25, -0.2) is 9.97 Å². The molecule has 0 spiro atoms. The summed E-state index contributed by atoms with van der Waals surface area (Å²) in [6, 6.07) is 1.83. The highest BCUT2D eigenvalue weighted by Gasteiger charge is 2.06. The van der Waals surface area contributed by atoms with Gasteiger partial charge in [-0.2, -0.15) is 0 Å². The number of fused-ring (bicyclic) bond motifs is 1. The van der Waals surface area contributed by atoms with Gasteiger partial charge in [-0.05, 0) is 11.4 Å². The smallest absolute Gasteiger partial charge is 0.271 e. The molecule has 3 rings (SSSR count). The third-order valence-corrected chi connectivity index (χ3v) is 3.39. The van der Waals surface area contributed by atoms with E-state index in [0.29, 0.717) is 22.8 Å². The molecule has 3 heterocycles. The van der Waals surface area contributed by atoms with Crippen LogP contribution in [0, 0.1) is 0 Å². The summed E-state index contributed by atoms with van der Waals surface area (Å²) in [5.74, 6) is 0.359. The summed E-state index contributed by atoms with van der Waals surface area (Å²) >= 11 is 1.39. The predicted molar refractivity (Wildman–Crippen MR) is 69.4 cm³/mol. The summed E-state index contributed by atoms with van der Waals surface area (Å²) in [6.07, 6.45) is 4.55. The molecule has 90 valence electrons. The zero-order valence-corrected chi connectivity index (χ0v) is 10.1. The number of aromatic nitrogens is 4. The average Bonchev–Trinajstić information content (AvgIpc) is 2.84. The van der Waals surface area contributed by atoms with Crippen LogP contribution in [0.15, 0.2) is 35.0 Å². The molecule has 0 aliphatic carbocycles. The van der Waals surface area contributed by atoms with Gasteiger partial charge in [0.1, 0.15) is 10.5 Å². The summed E-state index contributed by atoms with van der Waals surface area (Å²) in [4.78, 5) is 24.4. The molecule has 0 unspecified atom stereocenters. The lowest BCUT2D eigenvalue weighted by Gasteiger charge is -2.04. The van der Waals surface area contributed by atoms with Gasteiger partial charge in [0.2, 0.25) is 0 Å². The molecule has 0 radical (unpaired) electrons. The molecule has 0 bridgehead atoms. The highest BCUT2D eigenvalue weighted by atomic mass is 32.1. The standard InChI is InChI=1S/C11H9N5OS/c12-9-4-13-7(3-14-9)5-16-6-15-8-1-2-18-10(8)11(16)17/h1-4,6H,5H2,(H2,12,14). The fourth-order valence-corrected chi connectivity index (χ4v) is 2.41. The molecular formula is C11H9N5OS. The minimum absolute atomic E-state index is 0.0615. The second kappa shape index (κ2) is 4.19. The number of hydrogen-bond donors (Lipinski definition) is 1. The molecule has 0 fully saturated rings. The van der Waals surface area contributed by atoms with Gasteiger partial charge in [0.05, 0.1) is 36.5 Å². The number of rotatable bonds is 2. The Kier molecular flexibility index (Phi) is 2.52. The zero-order valence-electron chi connectivity index (χ0n) is 9.28. The maximum absolute atomic E-state index is 12.1. The molecule has 2 N–H and O–H groups in total. The summed E-state index contributed by atoms with van der Waals surface area (Å²) in [7, 11) is 0. The van der Waals surface area contributed by atoms with E-state index in [0.717, 1.165) is 5.52 Å². The Hall–Kier alpha value is -2.28. The maximum Gasteiger partial charge on any atom is 0.271 e. The largest absolute Gasteiger partial charge is 0.382 e. The molecule has 7 heteroatoms. The fourth-order valence-electron chi connectivity index (χ4n) is 1.61. The first-order valence-electron chi connectivity index (χ1n) is 5.23. The fraction of sp³-hybridized carbons (Fsp3) is 0.0909. The first-order chi connectivity index (χ1) is 8.74. The Labute approximate surface area is 106 Å². The van der Waals surface area contributed by atoms with Gasteiger partial charge in [0.15, 0.2) is 0 Å². The van der Waals surface area contributed by atoms with E-state index in [4.69, 9.17) is 5.73 Å². The molecule has 0 saturated carbocycles. The Balaban J connectivity index is 2.02. The van der Waals surface area contributed by atoms with Crippen molar-refractivity contribution in [3.05, 3.63) is 46.2 Å². The minimum atomic E-state index is -0.0615. The Morgan fingerprint density at radius 2 is 2.17 bits per heavy atom. The highest BCUT2D eigenvalue weighted by Crippen LogP contribution is 2.13. The zero-order chi connectivity index (χ0) is 12.5. The average molecular weight is 259 g/mol. The van der Waals surface area contributed by atoms with Gasteiger partial charge in [-0.3, -0.25) is 14.3 Å². The van der Waals surface area contributed by atoms with E-state index in [-0.39, 0.29) is 5.56 Å². The molecule has 3 aromatic heterocycles. The summed E-state index contributed by atoms with van der Waals surface area (Å²) in [5.41, 5.74) is 6.79. The van der Waals surface area contributed by atoms with Crippen molar-refractivity contribution in [1.82, 2.24) is 19.5 Å². The van der Waals surface area contributed by atoms with Crippen molar-refractivity contribution in [2.24, 2.45) is 0 Å². The second-order valence-corrected chi connectivity index (χ2v) is 4.66. The number of anilines is 1. The van der Waals surface area contributed by atoms with Crippen LogP contribution in [-0.2, 0) is 6.54 Å². The minimum Gasteiger partial charge on any atom is -0.382 e. The lowest BCUT2D eigenvalue weighted by atomic mass is 10.4. The van der Waals surface area contributed by atoms with E-state index in [2.05, 4.69) is 15.0 Å². The summed E-state index contributed by atoms with van der Waals surface area (Å²) in [6.45, 7) is 0.340. The predicted octanol–water partition coefficient (Wildman–Crippen LogP) is 0.879. The summed E-state index contributed by atoms with van der Waals surface area (Å²) in [5, 5.41) is 1.85. The van der Waals surface area contributed by atoms with Crippen LogP contribution in [0.3, 0.4) is 0 Å². The van der Waals surface area contributed by atoms with E-state index in [1.54, 1.807) is 6.20 Å². The first kappa shape index (κ1) is 10.8. The first-order valence-corrected chi connectivity index (χ1v) is 6.11. The van der Waals surface area contributed by atoms with Crippen LogP contribution in [0.2, 0.25) is 0 Å². The van der Waals surface area contributed by atoms with Gasteiger partial charge in [0, 0.05) is 0 Å². The lowest BCUT2D eigenvalue weighted by Crippen LogP contribution is -2.20. The molecule has 18 heavy (non-hydrogen) atoms. The monoisotopic (exact) mass is 259 g/mol. The second-order valence-electron chi connectivity index (χ2n) is 3.75. The van der Waals surface area contributed by atoms with E-state index in [9.17, 15) is 4.79 Å². The normalized spacial score (nSPS) is 10.9. The van der Waals surface area contributed by atoms with Crippen molar-refractivity contribution >= 4 is 27.4 Å². The number of nitrogens with zero attached hydrogens (tertiary/aromatic N) is 4. The van der Waals surface area contributed by atoms with Crippen LogP contribution in [0.5, 0.6) is 0 Å². The van der Waals surface area contributed by atoms with Crippen molar-refractivity contribution < 1.29 is 0 Å². The number of hydrogen-bond acceptors (Lipinski definition) is 6. The van der Waals surface area contributed by atoms with Crippen molar-refractivity contribution in [2.75, 3.05) is 5.73 Å². The van der Waals surface area contributed by atoms with Crippen LogP contribution in [0.25, 0.3) is 10.2 Å². The van der Waals surface area contributed by atoms with Crippen LogP contribution < -0.4 is 11.3 Å². The Bertz CT molecular complexity index is 746. The van der Waals surface area contributed by atoms with E-state index >= 15 is 0 Å². The molecule has 0 aromatic carbocycles. The van der Waals surface area contributed by atoms with Crippen LogP contribution in [-0.4, -0.2) is 19.5 Å². The van der Waals surface area contributed by atoms with Gasteiger partial charge < -0.3 is 5.73 Å². The maximum atomic E-state index is 12.1. The Morgan fingerprint density at radius 1 is 1.28 bits per heavy atom. The lowest BCUT2D eigenvalue weighted by molar-refractivity contribution is 0.727. The third kappa shape index (κ3) is 1.84. The van der Waals surface area contributed by atoms with E-state index < -0.39 is 0 Å². The van der Waals surface area contributed by atoms with Gasteiger partial charge in [-0.15, -0.1) is 11.3 Å². The number of thiophene rings is 1. The third-order valence-electron chi connectivity index (χ3n) is 2.49. The van der Waals surface area contributed by atoms with Gasteiger partial charge >= 0.3 is 0 Å². The summed E-state index contributed by atoms with van der Waals surface area (Å²) < 4.78 is 2.17. The molecule has 0 atom stereocenters. The molecule has 0 saturated heterocycles. The molecule has 0 aliphatic rings. The van der Waals surface area contributed by atoms with E-state index in [1.807, 2.05) is 11.4 Å². The van der Waals surface area contributed by atoms with Gasteiger partial charge in [0.25, 0.3) is 5.56 Å². The number of nitrogen functional groups attached to an aromatic ring is 1. The van der Waals surface area contributed by atoms with Crippen LogP contribution >= 0.6 is 11.3 Å². The number of nitrogens with two attached hydrogens (primary N) is 1. The van der Waals surface area contributed by atoms with Crippen LogP contribution in [0.4, 0.5) is 5.82 Å². The molecule has 6 nitrogen and oxygen atoms in total. The van der Waals surface area contributed by atoms with Crippen molar-refractivity contribution in [3.63, 3.8) is 0 Å². The Morgan fingerprint density at radius 3 is 2.94 bits per heavy atom. The van der Waals surface area contributed by atoms with Crippen molar-refractivity contribution in [1.29, 1.82) is 0 Å². The quantitative estimate of drug-likeness (QED) is 0.738. The molecule has 0 aliphatic heterocycles.